The maximum Gasteiger partial charge on any atom is 0.294 e. The predicted octanol–water partition coefficient (Wildman–Crippen LogP) is 4.28. The summed E-state index contributed by atoms with van der Waals surface area (Å²) in [6.45, 7) is 3.51. The average molecular weight is 382 g/mol. The van der Waals surface area contributed by atoms with Crippen LogP contribution in [0.1, 0.15) is 35.1 Å². The molecule has 0 aliphatic rings. The van der Waals surface area contributed by atoms with E-state index >= 15 is 0 Å². The number of hydrogen-bond acceptors (Lipinski definition) is 3. The number of hydrogen-bond donors (Lipinski definition) is 2. The zero-order chi connectivity index (χ0) is 19.7. The van der Waals surface area contributed by atoms with E-state index in [9.17, 15) is 18.1 Å². The Bertz CT molecular complexity index is 1030. The Morgan fingerprint density at radius 2 is 1.44 bits per heavy atom. The van der Waals surface area contributed by atoms with Crippen LogP contribution in [-0.4, -0.2) is 18.1 Å². The zero-order valence-corrected chi connectivity index (χ0v) is 16.0. The SMILES string of the molecule is Cc1ccc(S(=O)(=O)O)c(C(c2ccccc2)C(C)(O)c2ccccc2)c1. The van der Waals surface area contributed by atoms with Gasteiger partial charge in [-0.1, -0.05) is 78.4 Å². The van der Waals surface area contributed by atoms with E-state index in [2.05, 4.69) is 0 Å². The van der Waals surface area contributed by atoms with Crippen LogP contribution >= 0.6 is 0 Å². The lowest BCUT2D eigenvalue weighted by Crippen LogP contribution is -2.32. The van der Waals surface area contributed by atoms with E-state index in [0.29, 0.717) is 11.1 Å². The molecular formula is C22H22O4S. The van der Waals surface area contributed by atoms with Crippen LogP contribution in [0.3, 0.4) is 0 Å². The molecule has 2 N–H and O–H groups in total. The Morgan fingerprint density at radius 1 is 0.889 bits per heavy atom. The summed E-state index contributed by atoms with van der Waals surface area (Å²) in [6.07, 6.45) is 0. The van der Waals surface area contributed by atoms with E-state index in [1.165, 1.54) is 6.07 Å². The van der Waals surface area contributed by atoms with Gasteiger partial charge in [-0.3, -0.25) is 4.55 Å². The van der Waals surface area contributed by atoms with E-state index in [-0.39, 0.29) is 4.90 Å². The Kier molecular flexibility index (Phi) is 5.20. The van der Waals surface area contributed by atoms with Crippen LogP contribution in [0.2, 0.25) is 0 Å². The van der Waals surface area contributed by atoms with Crippen LogP contribution in [0.25, 0.3) is 0 Å². The molecule has 0 spiro atoms. The van der Waals surface area contributed by atoms with E-state index in [1.807, 2.05) is 55.5 Å². The van der Waals surface area contributed by atoms with E-state index < -0.39 is 21.6 Å². The van der Waals surface area contributed by atoms with Crippen LogP contribution in [0, 0.1) is 6.92 Å². The molecule has 0 bridgehead atoms. The first kappa shape index (κ1) is 19.3. The van der Waals surface area contributed by atoms with Gasteiger partial charge in [0.25, 0.3) is 10.1 Å². The van der Waals surface area contributed by atoms with Crippen molar-refractivity contribution in [3.8, 4) is 0 Å². The second-order valence-electron chi connectivity index (χ2n) is 6.87. The summed E-state index contributed by atoms with van der Waals surface area (Å²) in [5.41, 5.74) is 1.19. The molecule has 2 unspecified atom stereocenters. The van der Waals surface area contributed by atoms with Gasteiger partial charge in [0.15, 0.2) is 0 Å². The zero-order valence-electron chi connectivity index (χ0n) is 15.2. The monoisotopic (exact) mass is 382 g/mol. The van der Waals surface area contributed by atoms with Gasteiger partial charge in [-0.25, -0.2) is 0 Å². The molecule has 0 fully saturated rings. The summed E-state index contributed by atoms with van der Waals surface area (Å²) in [4.78, 5) is -0.196. The number of rotatable bonds is 5. The van der Waals surface area contributed by atoms with Crippen molar-refractivity contribution in [1.82, 2.24) is 0 Å². The van der Waals surface area contributed by atoms with Crippen molar-refractivity contribution in [1.29, 1.82) is 0 Å². The third-order valence-corrected chi connectivity index (χ3v) is 5.74. The van der Waals surface area contributed by atoms with Gasteiger partial charge in [0, 0.05) is 5.92 Å². The summed E-state index contributed by atoms with van der Waals surface area (Å²) in [5.74, 6) is -0.696. The van der Waals surface area contributed by atoms with Gasteiger partial charge in [0.2, 0.25) is 0 Å². The molecule has 3 aromatic rings. The normalized spacial score (nSPS) is 15.1. The third-order valence-electron chi connectivity index (χ3n) is 4.81. The molecule has 0 aliphatic heterocycles. The maximum atomic E-state index is 12.0. The van der Waals surface area contributed by atoms with Gasteiger partial charge in [-0.2, -0.15) is 8.42 Å². The highest BCUT2D eigenvalue weighted by Crippen LogP contribution is 2.43. The van der Waals surface area contributed by atoms with Crippen LogP contribution in [0.15, 0.2) is 83.8 Å². The van der Waals surface area contributed by atoms with Crippen molar-refractivity contribution >= 4 is 10.1 Å². The Balaban J connectivity index is 2.33. The lowest BCUT2D eigenvalue weighted by atomic mass is 9.74. The largest absolute Gasteiger partial charge is 0.384 e. The summed E-state index contributed by atoms with van der Waals surface area (Å²) >= 11 is 0. The second kappa shape index (κ2) is 7.27. The topological polar surface area (TPSA) is 74.6 Å². The van der Waals surface area contributed by atoms with Gasteiger partial charge < -0.3 is 5.11 Å². The maximum absolute atomic E-state index is 12.0. The second-order valence-corrected chi connectivity index (χ2v) is 8.26. The fraction of sp³-hybridized carbons (Fsp3) is 0.182. The first-order chi connectivity index (χ1) is 12.7. The summed E-state index contributed by atoms with van der Waals surface area (Å²) in [7, 11) is -4.46. The molecule has 0 aliphatic carbocycles. The predicted molar refractivity (Wildman–Crippen MR) is 105 cm³/mol. The van der Waals surface area contributed by atoms with E-state index in [1.54, 1.807) is 31.2 Å². The molecule has 5 heteroatoms. The minimum Gasteiger partial charge on any atom is -0.384 e. The molecule has 0 saturated heterocycles. The van der Waals surface area contributed by atoms with Crippen LogP contribution in [-0.2, 0) is 15.7 Å². The number of benzene rings is 3. The van der Waals surface area contributed by atoms with Crippen molar-refractivity contribution in [2.75, 3.05) is 0 Å². The van der Waals surface area contributed by atoms with Gasteiger partial charge in [-0.15, -0.1) is 0 Å². The molecule has 0 radical (unpaired) electrons. The lowest BCUT2D eigenvalue weighted by molar-refractivity contribution is 0.0384. The van der Waals surface area contributed by atoms with Gasteiger partial charge >= 0.3 is 0 Å². The molecule has 3 aromatic carbocycles. The van der Waals surface area contributed by atoms with Crippen LogP contribution in [0.4, 0.5) is 0 Å². The highest BCUT2D eigenvalue weighted by molar-refractivity contribution is 7.85. The standard InChI is InChI=1S/C22H22O4S/c1-16-13-14-20(27(24,25)26)19(15-16)21(17-9-5-3-6-10-17)22(2,23)18-11-7-4-8-12-18/h3-15,21,23H,1-2H3,(H,24,25,26). The van der Waals surface area contributed by atoms with Gasteiger partial charge in [-0.05, 0) is 36.6 Å². The summed E-state index contributed by atoms with van der Waals surface area (Å²) in [6, 6.07) is 23.1. The first-order valence-corrected chi connectivity index (χ1v) is 10.1. The third kappa shape index (κ3) is 3.95. The molecule has 3 rings (SSSR count). The molecule has 0 amide bonds. The quantitative estimate of drug-likeness (QED) is 0.646. The molecular weight excluding hydrogens is 360 g/mol. The molecule has 0 saturated carbocycles. The Labute approximate surface area is 159 Å². The number of aliphatic hydroxyl groups is 1. The van der Waals surface area contributed by atoms with E-state index in [0.717, 1.165) is 11.1 Å². The molecule has 0 aromatic heterocycles. The van der Waals surface area contributed by atoms with Crippen molar-refractivity contribution < 1.29 is 18.1 Å². The van der Waals surface area contributed by atoms with Crippen molar-refractivity contribution in [3.05, 3.63) is 101 Å². The van der Waals surface area contributed by atoms with Crippen molar-refractivity contribution in [3.63, 3.8) is 0 Å². The highest BCUT2D eigenvalue weighted by atomic mass is 32.2. The number of aryl methyl sites for hydroxylation is 1. The Hall–Kier alpha value is -2.47. The lowest BCUT2D eigenvalue weighted by Gasteiger charge is -2.35. The highest BCUT2D eigenvalue weighted by Gasteiger charge is 2.38. The fourth-order valence-electron chi connectivity index (χ4n) is 3.52. The van der Waals surface area contributed by atoms with Gasteiger partial charge in [0.05, 0.1) is 10.5 Å². The minimum atomic E-state index is -4.46. The molecule has 0 heterocycles. The summed E-state index contributed by atoms with van der Waals surface area (Å²) in [5, 5.41) is 11.6. The first-order valence-electron chi connectivity index (χ1n) is 8.62. The molecule has 27 heavy (non-hydrogen) atoms. The van der Waals surface area contributed by atoms with Crippen LogP contribution in [0.5, 0.6) is 0 Å². The average Bonchev–Trinajstić information content (AvgIpc) is 2.62. The van der Waals surface area contributed by atoms with Crippen molar-refractivity contribution in [2.24, 2.45) is 0 Å². The molecule has 4 nitrogen and oxygen atoms in total. The van der Waals surface area contributed by atoms with Gasteiger partial charge in [0.1, 0.15) is 0 Å². The van der Waals surface area contributed by atoms with Crippen molar-refractivity contribution in [2.45, 2.75) is 30.3 Å². The van der Waals surface area contributed by atoms with E-state index in [4.69, 9.17) is 0 Å². The smallest absolute Gasteiger partial charge is 0.294 e. The Morgan fingerprint density at radius 3 is 2.00 bits per heavy atom. The summed E-state index contributed by atoms with van der Waals surface area (Å²) < 4.78 is 33.9. The minimum absolute atomic E-state index is 0.196. The van der Waals surface area contributed by atoms with Crippen LogP contribution < -0.4 is 0 Å². The molecule has 2 atom stereocenters. The fourth-order valence-corrected chi connectivity index (χ4v) is 4.24. The molecule has 140 valence electrons.